The molecule has 0 spiro atoms. The lowest BCUT2D eigenvalue weighted by atomic mass is 10.2. The summed E-state index contributed by atoms with van der Waals surface area (Å²) in [5.74, 6) is 0.683. The van der Waals surface area contributed by atoms with Gasteiger partial charge in [0, 0.05) is 38.8 Å². The third-order valence-electron chi connectivity index (χ3n) is 4.94. The number of halogens is 1. The highest BCUT2D eigenvalue weighted by atomic mass is 32.2. The van der Waals surface area contributed by atoms with Crippen LogP contribution in [0, 0.1) is 5.82 Å². The summed E-state index contributed by atoms with van der Waals surface area (Å²) >= 11 is 1.09. The van der Waals surface area contributed by atoms with Crippen LogP contribution in [0.2, 0.25) is 0 Å². The van der Waals surface area contributed by atoms with Gasteiger partial charge in [-0.25, -0.2) is 4.39 Å². The average molecular weight is 410 g/mol. The van der Waals surface area contributed by atoms with E-state index in [-0.39, 0.29) is 28.8 Å². The van der Waals surface area contributed by atoms with Crippen LogP contribution in [0.3, 0.4) is 0 Å². The van der Waals surface area contributed by atoms with E-state index in [1.54, 1.807) is 12.1 Å². The Bertz CT molecular complexity index is 692. The molecular weight excluding hydrogens is 381 g/mol. The van der Waals surface area contributed by atoms with E-state index < -0.39 is 0 Å². The first-order valence-electron chi connectivity index (χ1n) is 9.84. The predicted molar refractivity (Wildman–Crippen MR) is 110 cm³/mol. The maximum atomic E-state index is 13.8. The number of thioether (sulfide) groups is 1. The molecule has 0 aliphatic carbocycles. The van der Waals surface area contributed by atoms with Crippen molar-refractivity contribution in [1.29, 1.82) is 0 Å². The first-order valence-corrected chi connectivity index (χ1v) is 10.8. The SMILES string of the molecule is CC(C)Oc1ccc(F)cc1N1CCN(CCCCN2C(=O)CSC2=O)CC1. The number of carbonyl (C=O) groups excluding carboxylic acids is 2. The van der Waals surface area contributed by atoms with Gasteiger partial charge in [-0.2, -0.15) is 0 Å². The van der Waals surface area contributed by atoms with E-state index in [0.29, 0.717) is 6.54 Å². The highest BCUT2D eigenvalue weighted by molar-refractivity contribution is 8.14. The number of hydrogen-bond donors (Lipinski definition) is 0. The number of carbonyl (C=O) groups is 2. The van der Waals surface area contributed by atoms with Crippen LogP contribution < -0.4 is 9.64 Å². The molecule has 1 aromatic carbocycles. The summed E-state index contributed by atoms with van der Waals surface area (Å²) in [6, 6.07) is 4.69. The summed E-state index contributed by atoms with van der Waals surface area (Å²) in [5.41, 5.74) is 0.817. The Morgan fingerprint density at radius 2 is 1.82 bits per heavy atom. The van der Waals surface area contributed by atoms with Gasteiger partial charge in [0.15, 0.2) is 0 Å². The number of nitrogens with zero attached hydrogens (tertiary/aromatic N) is 3. The third-order valence-corrected chi connectivity index (χ3v) is 5.80. The third kappa shape index (κ3) is 5.38. The zero-order chi connectivity index (χ0) is 20.1. The number of imide groups is 1. The molecule has 0 saturated carbocycles. The summed E-state index contributed by atoms with van der Waals surface area (Å²) < 4.78 is 19.6. The van der Waals surface area contributed by atoms with Gasteiger partial charge >= 0.3 is 0 Å². The fourth-order valence-corrected chi connectivity index (χ4v) is 4.26. The van der Waals surface area contributed by atoms with Crippen LogP contribution in [0.25, 0.3) is 0 Å². The van der Waals surface area contributed by atoms with Gasteiger partial charge in [-0.15, -0.1) is 0 Å². The number of benzene rings is 1. The molecule has 6 nitrogen and oxygen atoms in total. The van der Waals surface area contributed by atoms with Crippen LogP contribution >= 0.6 is 11.8 Å². The van der Waals surface area contributed by atoms with E-state index in [1.165, 1.54) is 11.0 Å². The number of amides is 2. The molecule has 154 valence electrons. The predicted octanol–water partition coefficient (Wildman–Crippen LogP) is 3.21. The van der Waals surface area contributed by atoms with E-state index in [0.717, 1.165) is 68.8 Å². The van der Waals surface area contributed by atoms with Gasteiger partial charge < -0.3 is 9.64 Å². The van der Waals surface area contributed by atoms with Gasteiger partial charge in [0.2, 0.25) is 5.91 Å². The van der Waals surface area contributed by atoms with Crippen molar-refractivity contribution in [3.05, 3.63) is 24.0 Å². The second-order valence-corrected chi connectivity index (χ2v) is 8.34. The standard InChI is InChI=1S/C20H28FN3O3S/c1-15(2)27-18-6-5-16(21)13-17(18)23-11-9-22(10-12-23)7-3-4-8-24-19(25)14-28-20(24)26/h5-6,13,15H,3-4,7-12,14H2,1-2H3. The fourth-order valence-electron chi connectivity index (χ4n) is 3.51. The maximum absolute atomic E-state index is 13.8. The number of piperazine rings is 1. The molecule has 2 aliphatic heterocycles. The second-order valence-electron chi connectivity index (χ2n) is 7.41. The summed E-state index contributed by atoms with van der Waals surface area (Å²) in [6.45, 7) is 8.82. The van der Waals surface area contributed by atoms with Gasteiger partial charge in [-0.1, -0.05) is 11.8 Å². The van der Waals surface area contributed by atoms with Crippen LogP contribution in [-0.4, -0.2) is 72.1 Å². The minimum atomic E-state index is -0.252. The van der Waals surface area contributed by atoms with Crippen LogP contribution in [0.5, 0.6) is 5.75 Å². The Hall–Kier alpha value is -1.80. The quantitative estimate of drug-likeness (QED) is 0.615. The second kappa shape index (κ2) is 9.60. The Morgan fingerprint density at radius 3 is 2.46 bits per heavy atom. The van der Waals surface area contributed by atoms with Crippen LogP contribution in [-0.2, 0) is 4.79 Å². The van der Waals surface area contributed by atoms with Crippen LogP contribution in [0.4, 0.5) is 14.9 Å². The summed E-state index contributed by atoms with van der Waals surface area (Å²) in [6.07, 6.45) is 1.82. The molecule has 8 heteroatoms. The van der Waals surface area contributed by atoms with Crippen LogP contribution in [0.1, 0.15) is 26.7 Å². The highest BCUT2D eigenvalue weighted by Crippen LogP contribution is 2.31. The zero-order valence-electron chi connectivity index (χ0n) is 16.5. The van der Waals surface area contributed by atoms with Crippen molar-refractivity contribution >= 4 is 28.6 Å². The lowest BCUT2D eigenvalue weighted by molar-refractivity contribution is -0.124. The molecule has 2 saturated heterocycles. The van der Waals surface area contributed by atoms with Crippen molar-refractivity contribution in [2.45, 2.75) is 32.8 Å². The van der Waals surface area contributed by atoms with E-state index in [2.05, 4.69) is 9.80 Å². The Kier molecular flexibility index (Phi) is 7.18. The zero-order valence-corrected chi connectivity index (χ0v) is 17.3. The van der Waals surface area contributed by atoms with Gasteiger partial charge in [0.05, 0.1) is 17.5 Å². The van der Waals surface area contributed by atoms with E-state index >= 15 is 0 Å². The van der Waals surface area contributed by atoms with Crippen molar-refractivity contribution in [2.75, 3.05) is 49.9 Å². The smallest absolute Gasteiger partial charge is 0.288 e. The van der Waals surface area contributed by atoms with Gasteiger partial charge in [-0.05, 0) is 45.4 Å². The van der Waals surface area contributed by atoms with E-state index in [4.69, 9.17) is 4.74 Å². The molecule has 28 heavy (non-hydrogen) atoms. The first-order chi connectivity index (χ1) is 13.4. The molecule has 0 N–H and O–H groups in total. The number of hydrogen-bond acceptors (Lipinski definition) is 6. The monoisotopic (exact) mass is 409 g/mol. The Balaban J connectivity index is 1.44. The minimum Gasteiger partial charge on any atom is -0.489 e. The van der Waals surface area contributed by atoms with Crippen molar-refractivity contribution < 1.29 is 18.7 Å². The summed E-state index contributed by atoms with van der Waals surface area (Å²) in [7, 11) is 0. The molecule has 0 unspecified atom stereocenters. The maximum Gasteiger partial charge on any atom is 0.288 e. The summed E-state index contributed by atoms with van der Waals surface area (Å²) in [5, 5.41) is -0.117. The lowest BCUT2D eigenvalue weighted by Crippen LogP contribution is -2.46. The molecular formula is C20H28FN3O3S. The molecule has 0 aromatic heterocycles. The van der Waals surface area contributed by atoms with E-state index in [1.807, 2.05) is 13.8 Å². The van der Waals surface area contributed by atoms with Gasteiger partial charge in [-0.3, -0.25) is 19.4 Å². The number of anilines is 1. The minimum absolute atomic E-state index is 0.0401. The Morgan fingerprint density at radius 1 is 1.11 bits per heavy atom. The molecule has 0 bridgehead atoms. The van der Waals surface area contributed by atoms with Crippen molar-refractivity contribution in [3.63, 3.8) is 0 Å². The highest BCUT2D eigenvalue weighted by Gasteiger charge is 2.29. The normalized spacial score (nSPS) is 18.4. The van der Waals surface area contributed by atoms with Crippen molar-refractivity contribution in [1.82, 2.24) is 9.80 Å². The molecule has 1 aromatic rings. The molecule has 0 atom stereocenters. The fraction of sp³-hybridized carbons (Fsp3) is 0.600. The lowest BCUT2D eigenvalue weighted by Gasteiger charge is -2.37. The number of ether oxygens (including phenoxy) is 1. The number of rotatable bonds is 8. The molecule has 2 amide bonds. The molecule has 0 radical (unpaired) electrons. The molecule has 2 heterocycles. The summed E-state index contributed by atoms with van der Waals surface area (Å²) in [4.78, 5) is 29.1. The van der Waals surface area contributed by atoms with E-state index in [9.17, 15) is 14.0 Å². The Labute approximate surface area is 170 Å². The average Bonchev–Trinajstić information content (AvgIpc) is 2.98. The topological polar surface area (TPSA) is 53.1 Å². The van der Waals surface area contributed by atoms with Gasteiger partial charge in [0.1, 0.15) is 11.6 Å². The van der Waals surface area contributed by atoms with Crippen molar-refractivity contribution in [2.24, 2.45) is 0 Å². The first kappa shape index (κ1) is 20.9. The molecule has 2 aliphatic rings. The number of unbranched alkanes of at least 4 members (excludes halogenated alkanes) is 1. The van der Waals surface area contributed by atoms with Crippen molar-refractivity contribution in [3.8, 4) is 5.75 Å². The van der Waals surface area contributed by atoms with Crippen LogP contribution in [0.15, 0.2) is 18.2 Å². The van der Waals surface area contributed by atoms with Gasteiger partial charge in [0.25, 0.3) is 5.24 Å². The molecule has 2 fully saturated rings. The largest absolute Gasteiger partial charge is 0.489 e. The molecule has 3 rings (SSSR count).